The van der Waals surface area contributed by atoms with Crippen LogP contribution in [0.3, 0.4) is 0 Å². The number of halogens is 1. The molecule has 5 heteroatoms. The van der Waals surface area contributed by atoms with Crippen LogP contribution in [0.5, 0.6) is 0 Å². The summed E-state index contributed by atoms with van der Waals surface area (Å²) < 4.78 is 0. The van der Waals surface area contributed by atoms with Crippen molar-refractivity contribution in [2.24, 2.45) is 5.41 Å². The Morgan fingerprint density at radius 2 is 1.95 bits per heavy atom. The number of amides is 2. The van der Waals surface area contributed by atoms with Crippen LogP contribution in [0, 0.1) is 5.41 Å². The van der Waals surface area contributed by atoms with E-state index in [1.54, 1.807) is 38.1 Å². The van der Waals surface area contributed by atoms with Crippen molar-refractivity contribution in [2.75, 3.05) is 11.9 Å². The molecule has 1 aromatic rings. The number of carbonyl (C=O) groups excluding carboxylic acids is 2. The molecular weight excluding hydrogens is 276 g/mol. The molecule has 20 heavy (non-hydrogen) atoms. The second kappa shape index (κ2) is 7.29. The van der Waals surface area contributed by atoms with E-state index in [4.69, 9.17) is 11.6 Å². The maximum Gasteiger partial charge on any atom is 0.239 e. The largest absolute Gasteiger partial charge is 0.355 e. The number of nitrogens with one attached hydrogen (secondary N) is 2. The molecule has 2 amide bonds. The molecule has 0 saturated carbocycles. The smallest absolute Gasteiger partial charge is 0.239 e. The zero-order valence-corrected chi connectivity index (χ0v) is 12.9. The highest BCUT2D eigenvalue weighted by molar-refractivity contribution is 6.31. The molecule has 110 valence electrons. The van der Waals surface area contributed by atoms with E-state index in [0.717, 1.165) is 12.8 Å². The minimum atomic E-state index is -1.13. The van der Waals surface area contributed by atoms with Crippen LogP contribution in [0.25, 0.3) is 0 Å². The Bertz CT molecular complexity index is 487. The van der Waals surface area contributed by atoms with Crippen molar-refractivity contribution in [3.8, 4) is 0 Å². The van der Waals surface area contributed by atoms with Crippen LogP contribution in [0.1, 0.15) is 33.6 Å². The molecule has 4 nitrogen and oxygen atoms in total. The normalized spacial score (nSPS) is 11.0. The third-order valence-electron chi connectivity index (χ3n) is 3.03. The van der Waals surface area contributed by atoms with Gasteiger partial charge in [-0.2, -0.15) is 0 Å². The van der Waals surface area contributed by atoms with E-state index < -0.39 is 5.41 Å². The van der Waals surface area contributed by atoms with Crippen LogP contribution in [-0.2, 0) is 9.59 Å². The van der Waals surface area contributed by atoms with Crippen molar-refractivity contribution >= 4 is 29.1 Å². The molecule has 0 aliphatic carbocycles. The number of hydrogen-bond donors (Lipinski definition) is 2. The van der Waals surface area contributed by atoms with Gasteiger partial charge < -0.3 is 10.6 Å². The zero-order chi connectivity index (χ0) is 15.2. The maximum absolute atomic E-state index is 12.2. The monoisotopic (exact) mass is 296 g/mol. The van der Waals surface area contributed by atoms with E-state index in [0.29, 0.717) is 17.3 Å². The van der Waals surface area contributed by atoms with Crippen molar-refractivity contribution in [1.29, 1.82) is 0 Å². The average molecular weight is 297 g/mol. The van der Waals surface area contributed by atoms with Crippen molar-refractivity contribution in [1.82, 2.24) is 5.32 Å². The van der Waals surface area contributed by atoms with Crippen molar-refractivity contribution in [2.45, 2.75) is 33.6 Å². The Balaban J connectivity index is 2.66. The van der Waals surface area contributed by atoms with Gasteiger partial charge in [-0.1, -0.05) is 31.0 Å². The summed E-state index contributed by atoms with van der Waals surface area (Å²) in [6, 6.07) is 6.84. The van der Waals surface area contributed by atoms with E-state index >= 15 is 0 Å². The van der Waals surface area contributed by atoms with Gasteiger partial charge in [0.2, 0.25) is 11.8 Å². The van der Waals surface area contributed by atoms with Crippen LogP contribution in [0.2, 0.25) is 5.02 Å². The van der Waals surface area contributed by atoms with E-state index in [1.165, 1.54) is 0 Å². The summed E-state index contributed by atoms with van der Waals surface area (Å²) in [6.45, 7) is 5.84. The van der Waals surface area contributed by atoms with E-state index in [1.807, 2.05) is 6.92 Å². The lowest BCUT2D eigenvalue weighted by atomic mass is 9.91. The number of benzene rings is 1. The topological polar surface area (TPSA) is 58.2 Å². The Morgan fingerprint density at radius 1 is 1.25 bits per heavy atom. The second-order valence-corrected chi connectivity index (χ2v) is 5.64. The summed E-state index contributed by atoms with van der Waals surface area (Å²) in [5.74, 6) is -0.626. The van der Waals surface area contributed by atoms with Gasteiger partial charge >= 0.3 is 0 Å². The Labute approximate surface area is 124 Å². The quantitative estimate of drug-likeness (QED) is 0.625. The molecule has 0 fully saturated rings. The third kappa shape index (κ3) is 4.53. The Hall–Kier alpha value is -1.55. The second-order valence-electron chi connectivity index (χ2n) is 5.20. The summed E-state index contributed by atoms with van der Waals surface area (Å²) in [5, 5.41) is 6.02. The summed E-state index contributed by atoms with van der Waals surface area (Å²) in [6.07, 6.45) is 1.90. The zero-order valence-electron chi connectivity index (χ0n) is 12.1. The average Bonchev–Trinajstić information content (AvgIpc) is 2.38. The van der Waals surface area contributed by atoms with Crippen molar-refractivity contribution < 1.29 is 9.59 Å². The highest BCUT2D eigenvalue weighted by Crippen LogP contribution is 2.21. The summed E-state index contributed by atoms with van der Waals surface area (Å²) >= 11 is 5.86. The molecule has 0 spiro atoms. The van der Waals surface area contributed by atoms with Crippen molar-refractivity contribution in [3.63, 3.8) is 0 Å². The van der Waals surface area contributed by atoms with Gasteiger partial charge in [0.15, 0.2) is 0 Å². The number of carbonyl (C=O) groups is 2. The highest BCUT2D eigenvalue weighted by atomic mass is 35.5. The van der Waals surface area contributed by atoms with Gasteiger partial charge in [0.25, 0.3) is 0 Å². The Morgan fingerprint density at radius 3 is 2.55 bits per heavy atom. The first-order valence-corrected chi connectivity index (χ1v) is 7.11. The molecule has 0 aliphatic rings. The number of anilines is 1. The van der Waals surface area contributed by atoms with E-state index in [9.17, 15) is 9.59 Å². The highest BCUT2D eigenvalue weighted by Gasteiger charge is 2.35. The van der Waals surface area contributed by atoms with Crippen LogP contribution in [0.15, 0.2) is 24.3 Å². The van der Waals surface area contributed by atoms with E-state index in [2.05, 4.69) is 10.6 Å². The summed E-state index contributed by atoms with van der Waals surface area (Å²) in [4.78, 5) is 24.2. The number of hydrogen-bond acceptors (Lipinski definition) is 2. The summed E-state index contributed by atoms with van der Waals surface area (Å²) in [5.41, 5.74) is -0.548. The molecule has 0 aromatic heterocycles. The number of unbranched alkanes of at least 4 members (excludes halogenated alkanes) is 1. The molecule has 1 rings (SSSR count). The molecule has 0 saturated heterocycles. The fourth-order valence-electron chi connectivity index (χ4n) is 1.56. The van der Waals surface area contributed by atoms with Crippen LogP contribution < -0.4 is 10.6 Å². The lowest BCUT2D eigenvalue weighted by Crippen LogP contribution is -2.45. The van der Waals surface area contributed by atoms with E-state index in [-0.39, 0.29) is 11.8 Å². The molecule has 0 unspecified atom stereocenters. The predicted molar refractivity (Wildman–Crippen MR) is 81.8 cm³/mol. The van der Waals surface area contributed by atoms with Gasteiger partial charge in [0.1, 0.15) is 5.41 Å². The van der Waals surface area contributed by atoms with Gasteiger partial charge in [-0.25, -0.2) is 0 Å². The molecule has 2 N–H and O–H groups in total. The molecule has 0 radical (unpaired) electrons. The minimum absolute atomic E-state index is 0.273. The SMILES string of the molecule is CCCCNC(=O)C(C)(C)C(=O)Nc1cccc(Cl)c1. The first-order valence-electron chi connectivity index (χ1n) is 6.73. The van der Waals surface area contributed by atoms with Gasteiger partial charge in [-0.05, 0) is 38.5 Å². The van der Waals surface area contributed by atoms with Gasteiger partial charge in [0, 0.05) is 17.3 Å². The van der Waals surface area contributed by atoms with Crippen molar-refractivity contribution in [3.05, 3.63) is 29.3 Å². The Kier molecular flexibility index (Phi) is 6.02. The fourth-order valence-corrected chi connectivity index (χ4v) is 1.75. The van der Waals surface area contributed by atoms with Crippen LogP contribution >= 0.6 is 11.6 Å². The minimum Gasteiger partial charge on any atom is -0.355 e. The molecule has 0 atom stereocenters. The van der Waals surface area contributed by atoms with Gasteiger partial charge in [0.05, 0.1) is 0 Å². The molecule has 0 aliphatic heterocycles. The lowest BCUT2D eigenvalue weighted by Gasteiger charge is -2.22. The standard InChI is InChI=1S/C15H21ClN2O2/c1-4-5-9-17-13(19)15(2,3)14(20)18-12-8-6-7-11(16)10-12/h6-8,10H,4-5,9H2,1-3H3,(H,17,19)(H,18,20). The first kappa shape index (κ1) is 16.5. The van der Waals surface area contributed by atoms with Crippen LogP contribution in [-0.4, -0.2) is 18.4 Å². The van der Waals surface area contributed by atoms with Gasteiger partial charge in [-0.15, -0.1) is 0 Å². The third-order valence-corrected chi connectivity index (χ3v) is 3.27. The lowest BCUT2D eigenvalue weighted by molar-refractivity contribution is -0.138. The maximum atomic E-state index is 12.2. The summed E-state index contributed by atoms with van der Waals surface area (Å²) in [7, 11) is 0. The van der Waals surface area contributed by atoms with Gasteiger partial charge in [-0.3, -0.25) is 9.59 Å². The molecular formula is C15H21ClN2O2. The fraction of sp³-hybridized carbons (Fsp3) is 0.467. The molecule has 1 aromatic carbocycles. The number of rotatable bonds is 6. The predicted octanol–water partition coefficient (Wildman–Crippen LogP) is 3.22. The molecule has 0 bridgehead atoms. The van der Waals surface area contributed by atoms with Crippen LogP contribution in [0.4, 0.5) is 5.69 Å². The first-order chi connectivity index (χ1) is 9.37. The molecule has 0 heterocycles.